The summed E-state index contributed by atoms with van der Waals surface area (Å²) in [4.78, 5) is 5.59. The van der Waals surface area contributed by atoms with E-state index in [1.807, 2.05) is 18.1 Å². The fourth-order valence-corrected chi connectivity index (χ4v) is 3.15. The van der Waals surface area contributed by atoms with Gasteiger partial charge in [-0.05, 0) is 44.2 Å². The molecule has 0 radical (unpaired) electrons. The normalized spacial score (nSPS) is 22.9. The molecule has 2 aliphatic rings. The van der Waals surface area contributed by atoms with Gasteiger partial charge in [-0.15, -0.1) is 0 Å². The van der Waals surface area contributed by atoms with Crippen molar-refractivity contribution in [3.8, 4) is 0 Å². The second-order valence-corrected chi connectivity index (χ2v) is 5.96. The second kappa shape index (κ2) is 7.74. The molecular formula is C14H21ClN4S. The summed E-state index contributed by atoms with van der Waals surface area (Å²) in [6.07, 6.45) is 10.1. The molecule has 1 aliphatic heterocycles. The predicted molar refractivity (Wildman–Crippen MR) is 89.0 cm³/mol. The molecule has 0 aromatic heterocycles. The minimum absolute atomic E-state index is 0.403. The van der Waals surface area contributed by atoms with Crippen LogP contribution in [0, 0.1) is 0 Å². The van der Waals surface area contributed by atoms with Gasteiger partial charge < -0.3 is 0 Å². The topological polar surface area (TPSA) is 40.0 Å². The van der Waals surface area contributed by atoms with Gasteiger partial charge in [0.25, 0.3) is 0 Å². The van der Waals surface area contributed by atoms with Crippen LogP contribution in [0.4, 0.5) is 0 Å². The van der Waals surface area contributed by atoms with Crippen LogP contribution >= 0.6 is 23.5 Å². The van der Waals surface area contributed by atoms with E-state index in [9.17, 15) is 0 Å². The Bertz CT molecular complexity index is 456. The molecule has 1 unspecified atom stereocenters. The molecule has 0 aromatic carbocycles. The summed E-state index contributed by atoms with van der Waals surface area (Å²) in [6, 6.07) is 0.403. The van der Waals surface area contributed by atoms with Gasteiger partial charge in [-0.1, -0.05) is 24.6 Å². The summed E-state index contributed by atoms with van der Waals surface area (Å²) >= 11 is 7.76. The molecule has 0 spiro atoms. The third-order valence-electron chi connectivity index (χ3n) is 3.24. The van der Waals surface area contributed by atoms with Gasteiger partial charge in [-0.3, -0.25) is 9.71 Å². The van der Waals surface area contributed by atoms with Crippen molar-refractivity contribution in [2.45, 2.75) is 45.6 Å². The van der Waals surface area contributed by atoms with Gasteiger partial charge >= 0.3 is 0 Å². The lowest BCUT2D eigenvalue weighted by Gasteiger charge is -2.24. The zero-order valence-corrected chi connectivity index (χ0v) is 13.5. The molecule has 110 valence electrons. The van der Waals surface area contributed by atoms with Crippen molar-refractivity contribution in [1.82, 2.24) is 9.73 Å². The number of hydrogen-bond donors (Lipinski definition) is 1. The van der Waals surface area contributed by atoms with Crippen molar-refractivity contribution in [2.75, 3.05) is 6.54 Å². The number of guanidine groups is 1. The number of nitrogens with one attached hydrogen (secondary N) is 1. The minimum Gasteiger partial charge on any atom is -0.295 e. The van der Waals surface area contributed by atoms with Gasteiger partial charge in [0.15, 0.2) is 0 Å². The van der Waals surface area contributed by atoms with Gasteiger partial charge in [0.2, 0.25) is 5.96 Å². The fraction of sp³-hybridized carbons (Fsp3) is 0.571. The van der Waals surface area contributed by atoms with E-state index in [2.05, 4.69) is 33.9 Å². The molecule has 1 aliphatic carbocycles. The van der Waals surface area contributed by atoms with Crippen LogP contribution in [0.25, 0.3) is 0 Å². The largest absolute Gasteiger partial charge is 0.295 e. The quantitative estimate of drug-likeness (QED) is 0.486. The average molecular weight is 313 g/mol. The van der Waals surface area contributed by atoms with Crippen LogP contribution in [0.15, 0.2) is 32.2 Å². The van der Waals surface area contributed by atoms with Crippen LogP contribution in [-0.2, 0) is 0 Å². The molecule has 0 aromatic rings. The average Bonchev–Trinajstić information content (AvgIpc) is 2.93. The first-order valence-electron chi connectivity index (χ1n) is 7.10. The molecule has 20 heavy (non-hydrogen) atoms. The van der Waals surface area contributed by atoms with Gasteiger partial charge in [0.1, 0.15) is 0 Å². The van der Waals surface area contributed by atoms with Gasteiger partial charge in [0, 0.05) is 29.1 Å². The van der Waals surface area contributed by atoms with E-state index in [0.29, 0.717) is 6.04 Å². The van der Waals surface area contributed by atoms with E-state index in [-0.39, 0.29) is 0 Å². The fourth-order valence-electron chi connectivity index (χ4n) is 2.12. The number of nitrogens with zero attached hydrogens (tertiary/aromatic N) is 3. The zero-order valence-electron chi connectivity index (χ0n) is 12.0. The molecular weight excluding hydrogens is 292 g/mol. The second-order valence-electron chi connectivity index (χ2n) is 4.65. The number of aliphatic imine (C=N–C) groups is 1. The highest BCUT2D eigenvalue weighted by molar-refractivity contribution is 8.02. The molecule has 0 saturated carbocycles. The van der Waals surface area contributed by atoms with Crippen LogP contribution in [0.2, 0.25) is 0 Å². The van der Waals surface area contributed by atoms with Crippen LogP contribution in [-0.4, -0.2) is 29.8 Å². The number of allylic oxidation sites excluding steroid dienone is 3. The van der Waals surface area contributed by atoms with Crippen LogP contribution in [0.1, 0.15) is 39.5 Å². The van der Waals surface area contributed by atoms with Crippen LogP contribution in [0.5, 0.6) is 0 Å². The number of hydrogen-bond acceptors (Lipinski definition) is 3. The standard InChI is InChI=1S/C14H21ClN4S/c1-3-11-9-10-17-19(11)14(16-4-2)18-20-13-8-6-5-7-12(13)15/h6,8,10-11H,3-5,7,9H2,1-2H3,(H,16,18). The van der Waals surface area contributed by atoms with Gasteiger partial charge in [-0.25, -0.2) is 5.01 Å². The molecule has 0 amide bonds. The van der Waals surface area contributed by atoms with Crippen molar-refractivity contribution in [2.24, 2.45) is 10.1 Å². The van der Waals surface area contributed by atoms with E-state index in [1.165, 1.54) is 11.9 Å². The van der Waals surface area contributed by atoms with E-state index in [4.69, 9.17) is 11.6 Å². The van der Waals surface area contributed by atoms with Crippen molar-refractivity contribution in [3.05, 3.63) is 22.1 Å². The van der Waals surface area contributed by atoms with E-state index < -0.39 is 0 Å². The summed E-state index contributed by atoms with van der Waals surface area (Å²) in [5, 5.41) is 7.32. The van der Waals surface area contributed by atoms with E-state index >= 15 is 0 Å². The maximum absolute atomic E-state index is 6.24. The lowest BCUT2D eigenvalue weighted by atomic mass is 10.2. The van der Waals surface area contributed by atoms with Crippen molar-refractivity contribution in [1.29, 1.82) is 0 Å². The SMILES string of the molecule is CCN=C(NSC1=C(Cl)CCC=C1)N1N=CCC1CC. The summed E-state index contributed by atoms with van der Waals surface area (Å²) in [6.45, 7) is 4.93. The summed E-state index contributed by atoms with van der Waals surface area (Å²) in [7, 11) is 0. The molecule has 0 fully saturated rings. The highest BCUT2D eigenvalue weighted by Crippen LogP contribution is 2.29. The Labute approximate surface area is 130 Å². The maximum atomic E-state index is 6.24. The Balaban J connectivity index is 2.02. The zero-order chi connectivity index (χ0) is 14.4. The lowest BCUT2D eigenvalue weighted by molar-refractivity contribution is 0.345. The summed E-state index contributed by atoms with van der Waals surface area (Å²) in [5.74, 6) is 0.814. The number of halogens is 1. The highest BCUT2D eigenvalue weighted by atomic mass is 35.5. The first kappa shape index (κ1) is 15.4. The predicted octanol–water partition coefficient (Wildman–Crippen LogP) is 3.87. The van der Waals surface area contributed by atoms with Crippen molar-refractivity contribution < 1.29 is 0 Å². The Kier molecular flexibility index (Phi) is 5.98. The van der Waals surface area contributed by atoms with E-state index in [0.717, 1.165) is 48.1 Å². The molecule has 0 bridgehead atoms. The Morgan fingerprint density at radius 3 is 3.15 bits per heavy atom. The van der Waals surface area contributed by atoms with E-state index in [1.54, 1.807) is 0 Å². The molecule has 2 rings (SSSR count). The van der Waals surface area contributed by atoms with Crippen molar-refractivity contribution >= 4 is 35.7 Å². The summed E-state index contributed by atoms with van der Waals surface area (Å²) in [5.41, 5.74) is 0. The molecule has 6 heteroatoms. The first-order chi connectivity index (χ1) is 9.76. The van der Waals surface area contributed by atoms with Crippen LogP contribution in [0.3, 0.4) is 0 Å². The highest BCUT2D eigenvalue weighted by Gasteiger charge is 2.24. The molecule has 0 saturated heterocycles. The monoisotopic (exact) mass is 312 g/mol. The third kappa shape index (κ3) is 3.79. The molecule has 1 atom stereocenters. The first-order valence-corrected chi connectivity index (χ1v) is 8.29. The Morgan fingerprint density at radius 1 is 1.60 bits per heavy atom. The Morgan fingerprint density at radius 2 is 2.45 bits per heavy atom. The number of hydrazone groups is 1. The Hall–Kier alpha value is -0.940. The number of rotatable bonds is 4. The third-order valence-corrected chi connectivity index (χ3v) is 4.64. The minimum atomic E-state index is 0.403. The molecule has 1 heterocycles. The summed E-state index contributed by atoms with van der Waals surface area (Å²) < 4.78 is 3.31. The smallest absolute Gasteiger partial charge is 0.225 e. The molecule has 1 N–H and O–H groups in total. The maximum Gasteiger partial charge on any atom is 0.225 e. The lowest BCUT2D eigenvalue weighted by Crippen LogP contribution is -2.39. The van der Waals surface area contributed by atoms with Gasteiger partial charge in [-0.2, -0.15) is 5.10 Å². The molecule has 4 nitrogen and oxygen atoms in total. The van der Waals surface area contributed by atoms with Crippen LogP contribution < -0.4 is 4.72 Å². The van der Waals surface area contributed by atoms with Crippen molar-refractivity contribution in [3.63, 3.8) is 0 Å². The van der Waals surface area contributed by atoms with Gasteiger partial charge in [0.05, 0.1) is 6.04 Å².